The van der Waals surface area contributed by atoms with E-state index in [1.165, 1.54) is 12.0 Å². The maximum atomic E-state index is 12.0. The number of ether oxygens (including phenoxy) is 1. The van der Waals surface area contributed by atoms with Crippen molar-refractivity contribution in [3.05, 3.63) is 35.9 Å². The highest BCUT2D eigenvalue weighted by molar-refractivity contribution is 5.85. The zero-order chi connectivity index (χ0) is 22.1. The summed E-state index contributed by atoms with van der Waals surface area (Å²) in [5, 5.41) is 7.02. The molecule has 2 fully saturated rings. The number of nitrogens with zero attached hydrogens (tertiary/aromatic N) is 3. The topological polar surface area (TPSA) is 69.2 Å². The Labute approximate surface area is 187 Å². The van der Waals surface area contributed by atoms with Crippen molar-refractivity contribution in [1.82, 2.24) is 20.4 Å². The molecule has 2 heterocycles. The van der Waals surface area contributed by atoms with E-state index in [0.29, 0.717) is 12.1 Å². The zero-order valence-corrected chi connectivity index (χ0v) is 19.3. The third-order valence-corrected chi connectivity index (χ3v) is 6.23. The quantitative estimate of drug-likeness (QED) is 0.514. The fourth-order valence-electron chi connectivity index (χ4n) is 4.22. The number of guanidine groups is 1. The number of likely N-dealkylation sites (N-methyl/N-ethyl adjacent to an activating group) is 1. The molecule has 0 aromatic heterocycles. The molecule has 0 aliphatic carbocycles. The molecule has 0 spiro atoms. The van der Waals surface area contributed by atoms with Crippen LogP contribution in [0, 0.1) is 0 Å². The lowest BCUT2D eigenvalue weighted by molar-refractivity contribution is -0.127. The van der Waals surface area contributed by atoms with Crippen molar-refractivity contribution in [2.45, 2.75) is 63.8 Å². The van der Waals surface area contributed by atoms with Crippen LogP contribution < -0.4 is 10.6 Å². The molecule has 2 aliphatic heterocycles. The van der Waals surface area contributed by atoms with Crippen LogP contribution in [0.1, 0.15) is 44.6 Å². The molecule has 31 heavy (non-hydrogen) atoms. The zero-order valence-electron chi connectivity index (χ0n) is 19.3. The molecule has 3 unspecified atom stereocenters. The molecule has 3 rings (SSSR count). The van der Waals surface area contributed by atoms with Crippen molar-refractivity contribution in [2.75, 3.05) is 40.3 Å². The van der Waals surface area contributed by atoms with Gasteiger partial charge in [0.2, 0.25) is 5.91 Å². The lowest BCUT2D eigenvalue weighted by Crippen LogP contribution is -2.52. The van der Waals surface area contributed by atoms with E-state index in [9.17, 15) is 4.79 Å². The predicted octanol–water partition coefficient (Wildman–Crippen LogP) is 2.23. The van der Waals surface area contributed by atoms with E-state index >= 15 is 0 Å². The minimum absolute atomic E-state index is 0.000986. The van der Waals surface area contributed by atoms with Gasteiger partial charge in [-0.3, -0.25) is 9.69 Å². The lowest BCUT2D eigenvalue weighted by atomic mass is 9.97. The number of rotatable bonds is 7. The van der Waals surface area contributed by atoms with Crippen LogP contribution in [0.3, 0.4) is 0 Å². The average molecular weight is 430 g/mol. The Morgan fingerprint density at radius 2 is 2.03 bits per heavy atom. The highest BCUT2D eigenvalue weighted by atomic mass is 16.5. The highest BCUT2D eigenvalue weighted by Crippen LogP contribution is 2.20. The molecule has 2 aliphatic rings. The van der Waals surface area contributed by atoms with Crippen molar-refractivity contribution in [1.29, 1.82) is 0 Å². The van der Waals surface area contributed by atoms with Crippen molar-refractivity contribution >= 4 is 11.9 Å². The smallest absolute Gasteiger partial charge is 0.243 e. The SMILES string of the molecule is CC1CC(NC(=NCC(=O)N(C)C)NCC2CCCCO2)CCN1Cc1ccccc1. The van der Waals surface area contributed by atoms with Gasteiger partial charge in [0.15, 0.2) is 5.96 Å². The molecule has 3 atom stereocenters. The van der Waals surface area contributed by atoms with Gasteiger partial charge in [-0.15, -0.1) is 0 Å². The number of benzene rings is 1. The number of likely N-dealkylation sites (tertiary alicyclic amines) is 1. The molecule has 2 N–H and O–H groups in total. The molecule has 7 nitrogen and oxygen atoms in total. The van der Waals surface area contributed by atoms with E-state index in [2.05, 4.69) is 57.8 Å². The standard InChI is InChI=1S/C24H39N5O2/c1-19-15-21(12-13-29(19)18-20-9-5-4-6-10-20)27-24(26-17-23(30)28(2)3)25-16-22-11-7-8-14-31-22/h4-6,9-10,19,21-22H,7-8,11-18H2,1-3H3,(H2,25,26,27). The van der Waals surface area contributed by atoms with Gasteiger partial charge in [0, 0.05) is 52.4 Å². The Balaban J connectivity index is 1.54. The number of amides is 1. The van der Waals surface area contributed by atoms with E-state index in [1.54, 1.807) is 19.0 Å². The van der Waals surface area contributed by atoms with Crippen LogP contribution in [0.25, 0.3) is 0 Å². The molecule has 172 valence electrons. The van der Waals surface area contributed by atoms with Crippen molar-refractivity contribution in [3.63, 3.8) is 0 Å². The van der Waals surface area contributed by atoms with Crippen LogP contribution in [0.2, 0.25) is 0 Å². The summed E-state index contributed by atoms with van der Waals surface area (Å²) in [5.41, 5.74) is 1.36. The minimum Gasteiger partial charge on any atom is -0.376 e. The summed E-state index contributed by atoms with van der Waals surface area (Å²) < 4.78 is 5.84. The highest BCUT2D eigenvalue weighted by Gasteiger charge is 2.26. The summed E-state index contributed by atoms with van der Waals surface area (Å²) >= 11 is 0. The van der Waals surface area contributed by atoms with Gasteiger partial charge in [-0.2, -0.15) is 0 Å². The van der Waals surface area contributed by atoms with Gasteiger partial charge < -0.3 is 20.3 Å². The number of carbonyl (C=O) groups is 1. The van der Waals surface area contributed by atoms with Gasteiger partial charge in [0.05, 0.1) is 6.10 Å². The second kappa shape index (κ2) is 12.1. The average Bonchev–Trinajstić information content (AvgIpc) is 2.78. The second-order valence-corrected chi connectivity index (χ2v) is 8.99. The van der Waals surface area contributed by atoms with Gasteiger partial charge in [0.1, 0.15) is 6.54 Å². The molecule has 2 saturated heterocycles. The lowest BCUT2D eigenvalue weighted by Gasteiger charge is -2.38. The molecule has 1 aromatic carbocycles. The fourth-order valence-corrected chi connectivity index (χ4v) is 4.22. The molecule has 0 saturated carbocycles. The Bertz CT molecular complexity index is 703. The number of hydrogen-bond donors (Lipinski definition) is 2. The number of piperidine rings is 1. The summed E-state index contributed by atoms with van der Waals surface area (Å²) in [7, 11) is 3.52. The van der Waals surface area contributed by atoms with E-state index < -0.39 is 0 Å². The number of aliphatic imine (C=N–C) groups is 1. The minimum atomic E-state index is 0.000986. The molecule has 1 amide bonds. The maximum absolute atomic E-state index is 12.0. The first-order valence-electron chi connectivity index (χ1n) is 11.7. The summed E-state index contributed by atoms with van der Waals surface area (Å²) in [4.78, 5) is 20.7. The van der Waals surface area contributed by atoms with Gasteiger partial charge in [-0.05, 0) is 44.6 Å². The normalized spacial score (nSPS) is 25.1. The van der Waals surface area contributed by atoms with Crippen molar-refractivity contribution in [3.8, 4) is 0 Å². The maximum Gasteiger partial charge on any atom is 0.243 e. The fraction of sp³-hybridized carbons (Fsp3) is 0.667. The first-order valence-corrected chi connectivity index (χ1v) is 11.7. The molecule has 0 bridgehead atoms. The third kappa shape index (κ3) is 7.82. The van der Waals surface area contributed by atoms with Crippen LogP contribution >= 0.6 is 0 Å². The molecular formula is C24H39N5O2. The predicted molar refractivity (Wildman–Crippen MR) is 125 cm³/mol. The second-order valence-electron chi connectivity index (χ2n) is 8.99. The van der Waals surface area contributed by atoms with E-state index in [0.717, 1.165) is 57.9 Å². The van der Waals surface area contributed by atoms with Crippen molar-refractivity contribution < 1.29 is 9.53 Å². The van der Waals surface area contributed by atoms with Crippen molar-refractivity contribution in [2.24, 2.45) is 4.99 Å². The molecule has 7 heteroatoms. The van der Waals surface area contributed by atoms with Gasteiger partial charge >= 0.3 is 0 Å². The van der Waals surface area contributed by atoms with Crippen LogP contribution in [-0.4, -0.2) is 80.2 Å². The molecular weight excluding hydrogens is 390 g/mol. The van der Waals surface area contributed by atoms with Crippen LogP contribution in [0.5, 0.6) is 0 Å². The number of carbonyl (C=O) groups excluding carboxylic acids is 1. The Kier molecular flexibility index (Phi) is 9.15. The summed E-state index contributed by atoms with van der Waals surface area (Å²) in [6.07, 6.45) is 5.76. The monoisotopic (exact) mass is 429 g/mol. The third-order valence-electron chi connectivity index (χ3n) is 6.23. The first-order chi connectivity index (χ1) is 15.0. The largest absolute Gasteiger partial charge is 0.376 e. The summed E-state index contributed by atoms with van der Waals surface area (Å²) in [6.45, 7) is 6.05. The van der Waals surface area contributed by atoms with Gasteiger partial charge in [-0.1, -0.05) is 30.3 Å². The Morgan fingerprint density at radius 1 is 1.23 bits per heavy atom. The summed E-state index contributed by atoms with van der Waals surface area (Å²) in [6, 6.07) is 11.5. The number of hydrogen-bond acceptors (Lipinski definition) is 4. The van der Waals surface area contributed by atoms with Gasteiger partial charge in [0.25, 0.3) is 0 Å². The summed E-state index contributed by atoms with van der Waals surface area (Å²) in [5.74, 6) is 0.721. The van der Waals surface area contributed by atoms with E-state index in [-0.39, 0.29) is 18.6 Å². The van der Waals surface area contributed by atoms with Crippen LogP contribution in [0.4, 0.5) is 0 Å². The van der Waals surface area contributed by atoms with Crippen LogP contribution in [-0.2, 0) is 16.1 Å². The number of nitrogens with one attached hydrogen (secondary N) is 2. The van der Waals surface area contributed by atoms with Gasteiger partial charge in [-0.25, -0.2) is 4.99 Å². The molecule has 1 aromatic rings. The van der Waals surface area contributed by atoms with Crippen LogP contribution in [0.15, 0.2) is 35.3 Å². The Hall–Kier alpha value is -2.12. The first kappa shape index (κ1) is 23.5. The Morgan fingerprint density at radius 3 is 2.71 bits per heavy atom. The van der Waals surface area contributed by atoms with E-state index in [4.69, 9.17) is 4.74 Å². The molecule has 0 radical (unpaired) electrons. The van der Waals surface area contributed by atoms with E-state index in [1.807, 2.05) is 0 Å².